The number of thioether (sulfide) groups is 1. The Kier molecular flexibility index (Phi) is 7.08. The summed E-state index contributed by atoms with van der Waals surface area (Å²) in [7, 11) is 0. The lowest BCUT2D eigenvalue weighted by atomic mass is 10.2. The molecule has 1 N–H and O–H groups in total. The van der Waals surface area contributed by atoms with Crippen molar-refractivity contribution in [3.05, 3.63) is 0 Å². The molecule has 0 saturated carbocycles. The van der Waals surface area contributed by atoms with Gasteiger partial charge in [-0.3, -0.25) is 9.89 Å². The van der Waals surface area contributed by atoms with Crippen molar-refractivity contribution in [2.45, 2.75) is 65.6 Å². The second-order valence-electron chi connectivity index (χ2n) is 5.50. The Morgan fingerprint density at radius 3 is 2.56 bits per heavy atom. The van der Waals surface area contributed by atoms with E-state index in [0.717, 1.165) is 18.3 Å². The first kappa shape index (κ1) is 15.8. The van der Waals surface area contributed by atoms with Crippen LogP contribution in [0.2, 0.25) is 0 Å². The first-order valence-electron chi connectivity index (χ1n) is 7.24. The average Bonchev–Trinajstić information content (AvgIpc) is 2.34. The highest BCUT2D eigenvalue weighted by molar-refractivity contribution is 8.13. The molecule has 0 aromatic carbocycles. The molecule has 0 aromatic heterocycles. The second-order valence-corrected chi connectivity index (χ2v) is 6.58. The molecule has 18 heavy (non-hydrogen) atoms. The lowest BCUT2D eigenvalue weighted by molar-refractivity contribution is 0.181. The Morgan fingerprint density at radius 1 is 1.33 bits per heavy atom. The number of amidine groups is 1. The minimum atomic E-state index is 0.598. The van der Waals surface area contributed by atoms with Gasteiger partial charge in [0.1, 0.15) is 0 Å². The van der Waals surface area contributed by atoms with Crippen molar-refractivity contribution < 1.29 is 0 Å². The van der Waals surface area contributed by atoms with Crippen molar-refractivity contribution in [1.82, 2.24) is 10.2 Å². The van der Waals surface area contributed by atoms with Crippen molar-refractivity contribution in [3.63, 3.8) is 0 Å². The van der Waals surface area contributed by atoms with Crippen molar-refractivity contribution in [3.8, 4) is 0 Å². The third-order valence-corrected chi connectivity index (χ3v) is 4.43. The molecular formula is C14H29N3S. The van der Waals surface area contributed by atoms with E-state index in [1.54, 1.807) is 0 Å². The monoisotopic (exact) mass is 271 g/mol. The van der Waals surface area contributed by atoms with Crippen molar-refractivity contribution in [2.75, 3.05) is 18.8 Å². The Bertz CT molecular complexity index is 256. The SMILES string of the molecule is CCC1CCSC(=NCCN(C(C)C)C(C)C)N1. The van der Waals surface area contributed by atoms with Gasteiger partial charge in [-0.15, -0.1) is 0 Å². The number of hydrogen-bond donors (Lipinski definition) is 1. The molecule has 106 valence electrons. The Morgan fingerprint density at radius 2 is 2.00 bits per heavy atom. The van der Waals surface area contributed by atoms with Gasteiger partial charge in [-0.2, -0.15) is 0 Å². The molecule has 0 aromatic rings. The zero-order valence-corrected chi connectivity index (χ0v) is 13.4. The maximum absolute atomic E-state index is 4.71. The van der Waals surface area contributed by atoms with E-state index in [1.807, 2.05) is 11.8 Å². The number of rotatable bonds is 6. The second kappa shape index (κ2) is 8.05. The summed E-state index contributed by atoms with van der Waals surface area (Å²) in [5, 5.41) is 4.68. The predicted molar refractivity (Wildman–Crippen MR) is 83.6 cm³/mol. The molecule has 1 aliphatic heterocycles. The van der Waals surface area contributed by atoms with Gasteiger partial charge < -0.3 is 5.32 Å². The number of nitrogens with one attached hydrogen (secondary N) is 1. The van der Waals surface area contributed by atoms with E-state index in [4.69, 9.17) is 4.99 Å². The van der Waals surface area contributed by atoms with Crippen LogP contribution in [0, 0.1) is 0 Å². The molecule has 0 aliphatic carbocycles. The molecule has 1 aliphatic rings. The molecule has 0 spiro atoms. The molecule has 0 bridgehead atoms. The molecule has 1 heterocycles. The Balaban J connectivity index is 2.38. The van der Waals surface area contributed by atoms with Gasteiger partial charge in [0.2, 0.25) is 0 Å². The summed E-state index contributed by atoms with van der Waals surface area (Å²) in [4.78, 5) is 7.21. The van der Waals surface area contributed by atoms with Crippen LogP contribution in [0.5, 0.6) is 0 Å². The van der Waals surface area contributed by atoms with Crippen LogP contribution in [0.15, 0.2) is 4.99 Å². The van der Waals surface area contributed by atoms with E-state index < -0.39 is 0 Å². The highest BCUT2D eigenvalue weighted by atomic mass is 32.2. The van der Waals surface area contributed by atoms with E-state index in [1.165, 1.54) is 18.6 Å². The molecule has 0 radical (unpaired) electrons. The smallest absolute Gasteiger partial charge is 0.156 e. The van der Waals surface area contributed by atoms with Crippen LogP contribution in [-0.4, -0.2) is 47.0 Å². The van der Waals surface area contributed by atoms with Gasteiger partial charge in [0.15, 0.2) is 5.17 Å². The number of nitrogens with zero attached hydrogens (tertiary/aromatic N) is 2. The zero-order chi connectivity index (χ0) is 13.5. The number of aliphatic imine (C=N–C) groups is 1. The van der Waals surface area contributed by atoms with Gasteiger partial charge in [-0.25, -0.2) is 0 Å². The number of hydrogen-bond acceptors (Lipinski definition) is 3. The van der Waals surface area contributed by atoms with Crippen molar-refractivity contribution in [2.24, 2.45) is 4.99 Å². The van der Waals surface area contributed by atoms with Crippen LogP contribution in [0.1, 0.15) is 47.5 Å². The fraction of sp³-hybridized carbons (Fsp3) is 0.929. The molecular weight excluding hydrogens is 242 g/mol. The molecule has 1 unspecified atom stereocenters. The van der Waals surface area contributed by atoms with E-state index >= 15 is 0 Å². The first-order valence-corrected chi connectivity index (χ1v) is 8.22. The predicted octanol–water partition coefficient (Wildman–Crippen LogP) is 2.97. The highest BCUT2D eigenvalue weighted by Gasteiger charge is 2.16. The van der Waals surface area contributed by atoms with Crippen molar-refractivity contribution >= 4 is 16.9 Å². The maximum atomic E-state index is 4.71. The van der Waals surface area contributed by atoms with E-state index in [0.29, 0.717) is 18.1 Å². The quantitative estimate of drug-likeness (QED) is 0.805. The van der Waals surface area contributed by atoms with E-state index in [-0.39, 0.29) is 0 Å². The Hall–Kier alpha value is -0.220. The lowest BCUT2D eigenvalue weighted by Gasteiger charge is -2.30. The van der Waals surface area contributed by atoms with Gasteiger partial charge in [-0.1, -0.05) is 18.7 Å². The van der Waals surface area contributed by atoms with Gasteiger partial charge in [0.25, 0.3) is 0 Å². The molecule has 3 nitrogen and oxygen atoms in total. The van der Waals surface area contributed by atoms with Crippen LogP contribution < -0.4 is 5.32 Å². The van der Waals surface area contributed by atoms with Crippen molar-refractivity contribution in [1.29, 1.82) is 0 Å². The van der Waals surface area contributed by atoms with Crippen LogP contribution >= 0.6 is 11.8 Å². The summed E-state index contributed by atoms with van der Waals surface area (Å²) in [5.74, 6) is 1.21. The maximum Gasteiger partial charge on any atom is 0.156 e. The summed E-state index contributed by atoms with van der Waals surface area (Å²) in [6.45, 7) is 13.2. The fourth-order valence-corrected chi connectivity index (χ4v) is 3.39. The van der Waals surface area contributed by atoms with Gasteiger partial charge in [0.05, 0.1) is 6.54 Å². The molecule has 1 fully saturated rings. The molecule has 0 amide bonds. The highest BCUT2D eigenvalue weighted by Crippen LogP contribution is 2.15. The summed E-state index contributed by atoms with van der Waals surface area (Å²) >= 11 is 1.87. The van der Waals surface area contributed by atoms with Crippen LogP contribution in [0.4, 0.5) is 0 Å². The van der Waals surface area contributed by atoms with Crippen LogP contribution in [0.3, 0.4) is 0 Å². The van der Waals surface area contributed by atoms with Crippen LogP contribution in [0.25, 0.3) is 0 Å². The molecule has 1 rings (SSSR count). The van der Waals surface area contributed by atoms with Gasteiger partial charge in [-0.05, 0) is 40.5 Å². The summed E-state index contributed by atoms with van der Waals surface area (Å²) in [6.07, 6.45) is 2.47. The molecule has 1 saturated heterocycles. The average molecular weight is 271 g/mol. The van der Waals surface area contributed by atoms with Crippen LogP contribution in [-0.2, 0) is 0 Å². The zero-order valence-electron chi connectivity index (χ0n) is 12.6. The summed E-state index contributed by atoms with van der Waals surface area (Å²) < 4.78 is 0. The molecule has 4 heteroatoms. The Labute approximate surface area is 117 Å². The third kappa shape index (κ3) is 5.19. The van der Waals surface area contributed by atoms with Gasteiger partial charge >= 0.3 is 0 Å². The largest absolute Gasteiger partial charge is 0.362 e. The third-order valence-electron chi connectivity index (χ3n) is 3.47. The molecule has 1 atom stereocenters. The summed E-state index contributed by atoms with van der Waals surface area (Å²) in [6, 6.07) is 1.83. The minimum Gasteiger partial charge on any atom is -0.362 e. The topological polar surface area (TPSA) is 27.6 Å². The van der Waals surface area contributed by atoms with E-state index in [2.05, 4.69) is 44.8 Å². The minimum absolute atomic E-state index is 0.598. The normalized spacial score (nSPS) is 23.1. The first-order chi connectivity index (χ1) is 8.54. The lowest BCUT2D eigenvalue weighted by Crippen LogP contribution is -2.40. The van der Waals surface area contributed by atoms with E-state index in [9.17, 15) is 0 Å². The standard InChI is InChI=1S/C14H29N3S/c1-6-13-7-10-18-14(16-13)15-8-9-17(11(2)3)12(4)5/h11-13H,6-10H2,1-5H3,(H,15,16). The summed E-state index contributed by atoms with van der Waals surface area (Å²) in [5.41, 5.74) is 0. The fourth-order valence-electron chi connectivity index (χ4n) is 2.36. The van der Waals surface area contributed by atoms with Gasteiger partial charge in [0, 0.05) is 30.4 Å².